The highest BCUT2D eigenvalue weighted by Crippen LogP contribution is 2.10. The number of nitrogens with zero attached hydrogens (tertiary/aromatic N) is 2. The lowest BCUT2D eigenvalue weighted by molar-refractivity contribution is 0.172. The minimum atomic E-state index is -1.24. The van der Waals surface area contributed by atoms with E-state index in [-0.39, 0.29) is 0 Å². The van der Waals surface area contributed by atoms with E-state index in [1.54, 1.807) is 0 Å². The first kappa shape index (κ1) is 16.8. The summed E-state index contributed by atoms with van der Waals surface area (Å²) < 4.78 is 10.7. The molecule has 0 aliphatic heterocycles. The molecule has 0 bridgehead atoms. The Kier molecular flexibility index (Phi) is 9.73. The average molecular weight is 258 g/mol. The zero-order valence-corrected chi connectivity index (χ0v) is 13.5. The van der Waals surface area contributed by atoms with Crippen LogP contribution in [0.4, 0.5) is 0 Å². The molecule has 0 saturated carbocycles. The summed E-state index contributed by atoms with van der Waals surface area (Å²) in [5.74, 6) is 0. The smallest absolute Gasteiger partial charge is 0.220 e. The van der Waals surface area contributed by atoms with E-state index in [4.69, 9.17) is 4.74 Å². The lowest BCUT2D eigenvalue weighted by atomic mass is 10.6. The third-order valence-corrected chi connectivity index (χ3v) is 6.91. The van der Waals surface area contributed by atoms with E-state index in [0.29, 0.717) is 0 Å². The molecule has 102 valence electrons. The van der Waals surface area contributed by atoms with Gasteiger partial charge in [-0.15, -0.1) is 0 Å². The van der Waals surface area contributed by atoms with Crippen LogP contribution in [0.5, 0.6) is 0 Å². The van der Waals surface area contributed by atoms with E-state index in [1.165, 1.54) is 5.20 Å². The summed E-state index contributed by atoms with van der Waals surface area (Å²) in [6.45, 7) is 21.2. The van der Waals surface area contributed by atoms with Gasteiger partial charge in [0.25, 0.3) is 0 Å². The van der Waals surface area contributed by atoms with Crippen LogP contribution >= 0.6 is 0 Å². The second-order valence-corrected chi connectivity index (χ2v) is 7.14. The molecule has 4 heteroatoms. The van der Waals surface area contributed by atoms with Crippen molar-refractivity contribution in [3.05, 3.63) is 11.8 Å². The van der Waals surface area contributed by atoms with Gasteiger partial charge in [-0.05, 0) is 38.3 Å². The number of rotatable bonds is 10. The molecule has 0 N–H and O–H groups in total. The lowest BCUT2D eigenvalue weighted by Crippen LogP contribution is -2.54. The van der Waals surface area contributed by atoms with Gasteiger partial charge in [0.05, 0.1) is 6.61 Å². The summed E-state index contributed by atoms with van der Waals surface area (Å²) in [4.78, 5) is 0. The molecule has 0 unspecified atom stereocenters. The molecule has 0 amide bonds. The molecule has 0 aromatic heterocycles. The van der Waals surface area contributed by atoms with Gasteiger partial charge >= 0.3 is 0 Å². The van der Waals surface area contributed by atoms with Crippen molar-refractivity contribution >= 4 is 9.12 Å². The molecule has 17 heavy (non-hydrogen) atoms. The molecule has 0 radical (unpaired) electrons. The van der Waals surface area contributed by atoms with Gasteiger partial charge in [0.2, 0.25) is 9.12 Å². The molecule has 0 aromatic carbocycles. The second-order valence-electron chi connectivity index (χ2n) is 4.11. The normalized spacial score (nSPS) is 11.8. The van der Waals surface area contributed by atoms with E-state index < -0.39 is 9.12 Å². The largest absolute Gasteiger partial charge is 0.378 e. The van der Waals surface area contributed by atoms with Crippen molar-refractivity contribution in [1.82, 2.24) is 9.13 Å². The zero-order chi connectivity index (χ0) is 13.3. The Morgan fingerprint density at radius 1 is 0.941 bits per heavy atom. The van der Waals surface area contributed by atoms with Crippen LogP contribution in [-0.2, 0) is 4.74 Å². The predicted molar refractivity (Wildman–Crippen MR) is 78.6 cm³/mol. The molecule has 0 aliphatic rings. The fourth-order valence-corrected chi connectivity index (χ4v) is 5.34. The summed E-state index contributed by atoms with van der Waals surface area (Å²) in [6, 6.07) is 0. The molecular weight excluding hydrogens is 228 g/mol. The summed E-state index contributed by atoms with van der Waals surface area (Å²) >= 11 is 0. The van der Waals surface area contributed by atoms with Crippen LogP contribution in [0.3, 0.4) is 0 Å². The van der Waals surface area contributed by atoms with Crippen molar-refractivity contribution in [3.63, 3.8) is 0 Å². The molecule has 0 fully saturated rings. The van der Waals surface area contributed by atoms with Crippen LogP contribution in [0, 0.1) is 0 Å². The summed E-state index contributed by atoms with van der Waals surface area (Å²) in [6.07, 6.45) is 0. The van der Waals surface area contributed by atoms with Crippen LogP contribution in [0.1, 0.15) is 34.6 Å². The Labute approximate surface area is 109 Å². The highest BCUT2D eigenvalue weighted by atomic mass is 28.3. The van der Waals surface area contributed by atoms with Crippen molar-refractivity contribution in [2.45, 2.75) is 34.6 Å². The SMILES string of the molecule is C=C(COCC)[SiH](N(CC)CC)N(CC)CC. The third kappa shape index (κ3) is 5.34. The first-order chi connectivity index (χ1) is 8.15. The van der Waals surface area contributed by atoms with Gasteiger partial charge in [-0.1, -0.05) is 34.3 Å². The summed E-state index contributed by atoms with van der Waals surface area (Å²) in [5, 5.41) is 1.30. The van der Waals surface area contributed by atoms with Crippen molar-refractivity contribution < 1.29 is 4.74 Å². The van der Waals surface area contributed by atoms with Crippen molar-refractivity contribution in [1.29, 1.82) is 0 Å². The van der Waals surface area contributed by atoms with Gasteiger partial charge < -0.3 is 13.9 Å². The minimum absolute atomic E-state index is 0.723. The first-order valence-corrected chi connectivity index (χ1v) is 8.50. The predicted octanol–water partition coefficient (Wildman–Crippen LogP) is 2.02. The Bertz CT molecular complexity index is 192. The maximum absolute atomic E-state index is 5.54. The standard InChI is InChI=1S/C13H30N2OSi/c1-7-14(8-2)17(15(9-3)10-4)13(6)12-16-11-5/h17H,6-12H2,1-5H3. The van der Waals surface area contributed by atoms with Gasteiger partial charge in [-0.3, -0.25) is 0 Å². The first-order valence-electron chi connectivity index (χ1n) is 6.89. The zero-order valence-electron chi connectivity index (χ0n) is 12.3. The Balaban J connectivity index is 4.74. The maximum atomic E-state index is 5.54. The number of ether oxygens (including phenoxy) is 1. The quantitative estimate of drug-likeness (QED) is 0.558. The van der Waals surface area contributed by atoms with Crippen LogP contribution < -0.4 is 0 Å². The fraction of sp³-hybridized carbons (Fsp3) is 0.846. The Morgan fingerprint density at radius 3 is 1.65 bits per heavy atom. The van der Waals surface area contributed by atoms with Crippen molar-refractivity contribution in [2.75, 3.05) is 39.4 Å². The van der Waals surface area contributed by atoms with Crippen LogP contribution in [0.25, 0.3) is 0 Å². The highest BCUT2D eigenvalue weighted by Gasteiger charge is 2.26. The van der Waals surface area contributed by atoms with E-state index in [2.05, 4.69) is 43.4 Å². The molecular formula is C13H30N2OSi. The van der Waals surface area contributed by atoms with Gasteiger partial charge in [0.15, 0.2) is 0 Å². The van der Waals surface area contributed by atoms with E-state index in [1.807, 2.05) is 6.92 Å². The summed E-state index contributed by atoms with van der Waals surface area (Å²) in [7, 11) is -1.24. The topological polar surface area (TPSA) is 15.7 Å². The molecule has 0 spiro atoms. The molecule has 0 saturated heterocycles. The van der Waals surface area contributed by atoms with Crippen molar-refractivity contribution in [2.24, 2.45) is 0 Å². The maximum Gasteiger partial charge on any atom is 0.220 e. The van der Waals surface area contributed by atoms with E-state index in [0.717, 1.165) is 39.4 Å². The monoisotopic (exact) mass is 258 g/mol. The third-order valence-electron chi connectivity index (χ3n) is 3.17. The average Bonchev–Trinajstić information content (AvgIpc) is 2.36. The van der Waals surface area contributed by atoms with Crippen LogP contribution in [0.15, 0.2) is 11.8 Å². The molecule has 0 rings (SSSR count). The van der Waals surface area contributed by atoms with E-state index in [9.17, 15) is 0 Å². The highest BCUT2D eigenvalue weighted by molar-refractivity contribution is 6.61. The molecule has 0 heterocycles. The van der Waals surface area contributed by atoms with Crippen molar-refractivity contribution in [3.8, 4) is 0 Å². The van der Waals surface area contributed by atoms with Gasteiger partial charge in [-0.2, -0.15) is 0 Å². The van der Waals surface area contributed by atoms with E-state index >= 15 is 0 Å². The molecule has 3 nitrogen and oxygen atoms in total. The summed E-state index contributed by atoms with van der Waals surface area (Å²) in [5.41, 5.74) is 0. The lowest BCUT2D eigenvalue weighted by Gasteiger charge is -2.37. The Morgan fingerprint density at radius 2 is 1.35 bits per heavy atom. The fourth-order valence-electron chi connectivity index (χ4n) is 2.19. The van der Waals surface area contributed by atoms with Gasteiger partial charge in [0.1, 0.15) is 0 Å². The van der Waals surface area contributed by atoms with Crippen LogP contribution in [0.2, 0.25) is 0 Å². The molecule has 0 aromatic rings. The number of hydrogen-bond acceptors (Lipinski definition) is 3. The molecule has 0 atom stereocenters. The Hall–Kier alpha value is -0.163. The number of hydrogen-bond donors (Lipinski definition) is 0. The molecule has 0 aliphatic carbocycles. The minimum Gasteiger partial charge on any atom is -0.378 e. The van der Waals surface area contributed by atoms with Gasteiger partial charge in [-0.25, -0.2) is 0 Å². The second kappa shape index (κ2) is 9.83. The van der Waals surface area contributed by atoms with Gasteiger partial charge in [0, 0.05) is 6.61 Å². The van der Waals surface area contributed by atoms with Crippen LogP contribution in [-0.4, -0.2) is 57.6 Å².